The minimum absolute atomic E-state index is 0.192. The molecular formula is C24H19OS+. The van der Waals surface area contributed by atoms with Crippen LogP contribution in [0.2, 0.25) is 0 Å². The molecule has 4 aromatic rings. The Morgan fingerprint density at radius 2 is 1.15 bits per heavy atom. The van der Waals surface area contributed by atoms with Crippen LogP contribution in [-0.4, -0.2) is 11.5 Å². The van der Waals surface area contributed by atoms with Crippen molar-refractivity contribution in [3.63, 3.8) is 0 Å². The molecule has 0 heterocycles. The van der Waals surface area contributed by atoms with E-state index in [4.69, 9.17) is 0 Å². The Morgan fingerprint density at radius 1 is 0.615 bits per heavy atom. The number of carbonyl (C=O) groups excluding carboxylic acids is 1. The Morgan fingerprint density at radius 3 is 1.81 bits per heavy atom. The number of Topliss-reactive ketones (excluding diaryl/α,β-unsaturated/α-hetero) is 1. The number of hydrogen-bond acceptors (Lipinski definition) is 1. The summed E-state index contributed by atoms with van der Waals surface area (Å²) in [5.41, 5.74) is 0.812. The third-order valence-electron chi connectivity index (χ3n) is 4.42. The Hall–Kier alpha value is -2.84. The highest BCUT2D eigenvalue weighted by Crippen LogP contribution is 2.26. The summed E-state index contributed by atoms with van der Waals surface area (Å²) >= 11 is 0. The standard InChI is InChI=1S/C24H19OS/c25-24(23-17-9-11-19-10-7-8-16-22(19)23)18-26(20-12-3-1-4-13-20)21-14-5-2-6-15-21/h1-17H,18H2/q+1. The summed E-state index contributed by atoms with van der Waals surface area (Å²) < 4.78 is 0. The molecule has 0 unspecified atom stereocenters. The van der Waals surface area contributed by atoms with Crippen molar-refractivity contribution in [2.24, 2.45) is 0 Å². The van der Waals surface area contributed by atoms with Gasteiger partial charge in [0.1, 0.15) is 0 Å². The minimum atomic E-state index is -0.274. The summed E-state index contributed by atoms with van der Waals surface area (Å²) in [5.74, 6) is 0.681. The number of benzene rings is 4. The molecule has 0 fully saturated rings. The molecule has 0 aliphatic carbocycles. The summed E-state index contributed by atoms with van der Waals surface area (Å²) in [4.78, 5) is 15.6. The first kappa shape index (κ1) is 16.6. The van der Waals surface area contributed by atoms with Crippen molar-refractivity contribution in [1.29, 1.82) is 0 Å². The van der Waals surface area contributed by atoms with Gasteiger partial charge in [0.15, 0.2) is 15.5 Å². The van der Waals surface area contributed by atoms with E-state index in [0.717, 1.165) is 16.3 Å². The van der Waals surface area contributed by atoms with Crippen LogP contribution in [0.3, 0.4) is 0 Å². The van der Waals surface area contributed by atoms with E-state index in [1.165, 1.54) is 9.79 Å². The Balaban J connectivity index is 1.73. The topological polar surface area (TPSA) is 17.1 Å². The fourth-order valence-corrected chi connectivity index (χ4v) is 5.14. The van der Waals surface area contributed by atoms with Crippen molar-refractivity contribution >= 4 is 27.5 Å². The molecule has 0 spiro atoms. The molecule has 0 amide bonds. The predicted molar refractivity (Wildman–Crippen MR) is 110 cm³/mol. The lowest BCUT2D eigenvalue weighted by Crippen LogP contribution is -2.17. The van der Waals surface area contributed by atoms with Gasteiger partial charge in [0.25, 0.3) is 0 Å². The van der Waals surface area contributed by atoms with Gasteiger partial charge in [0, 0.05) is 5.56 Å². The van der Waals surface area contributed by atoms with Gasteiger partial charge >= 0.3 is 0 Å². The minimum Gasteiger partial charge on any atom is -0.289 e. The molecule has 0 saturated carbocycles. The highest BCUT2D eigenvalue weighted by molar-refractivity contribution is 7.97. The van der Waals surface area contributed by atoms with E-state index in [-0.39, 0.29) is 16.7 Å². The molecule has 4 aromatic carbocycles. The van der Waals surface area contributed by atoms with Crippen molar-refractivity contribution in [3.8, 4) is 0 Å². The number of fused-ring (bicyclic) bond motifs is 1. The van der Waals surface area contributed by atoms with Crippen LogP contribution in [0, 0.1) is 0 Å². The van der Waals surface area contributed by atoms with Gasteiger partial charge in [-0.3, -0.25) is 4.79 Å². The molecule has 2 heteroatoms. The number of hydrogen-bond donors (Lipinski definition) is 0. The van der Waals surface area contributed by atoms with E-state index >= 15 is 0 Å². The molecule has 126 valence electrons. The SMILES string of the molecule is O=C(C[S+](c1ccccc1)c1ccccc1)c1cccc2ccccc12. The maximum atomic E-state index is 13.2. The van der Waals surface area contributed by atoms with E-state index in [1.807, 2.05) is 66.7 Å². The van der Waals surface area contributed by atoms with Crippen LogP contribution in [0.1, 0.15) is 10.4 Å². The van der Waals surface area contributed by atoms with Crippen LogP contribution >= 0.6 is 0 Å². The fraction of sp³-hybridized carbons (Fsp3) is 0.0417. The van der Waals surface area contributed by atoms with Crippen molar-refractivity contribution in [3.05, 3.63) is 109 Å². The zero-order valence-corrected chi connectivity index (χ0v) is 15.2. The van der Waals surface area contributed by atoms with Crippen molar-refractivity contribution in [1.82, 2.24) is 0 Å². The van der Waals surface area contributed by atoms with Crippen molar-refractivity contribution in [2.75, 3.05) is 5.75 Å². The van der Waals surface area contributed by atoms with Gasteiger partial charge < -0.3 is 0 Å². The van der Waals surface area contributed by atoms with E-state index < -0.39 is 0 Å². The molecular weight excluding hydrogens is 336 g/mol. The second kappa shape index (κ2) is 7.59. The van der Waals surface area contributed by atoms with Crippen LogP contribution in [0.25, 0.3) is 10.8 Å². The monoisotopic (exact) mass is 355 g/mol. The summed E-state index contributed by atoms with van der Waals surface area (Å²) in [6.45, 7) is 0. The maximum Gasteiger partial charge on any atom is 0.213 e. The second-order valence-corrected chi connectivity index (χ2v) is 8.12. The molecule has 0 aliphatic rings. The molecule has 26 heavy (non-hydrogen) atoms. The second-order valence-electron chi connectivity index (χ2n) is 6.11. The van der Waals surface area contributed by atoms with Gasteiger partial charge in [-0.25, -0.2) is 0 Å². The van der Waals surface area contributed by atoms with Crippen LogP contribution in [0.4, 0.5) is 0 Å². The first-order valence-electron chi connectivity index (χ1n) is 8.65. The molecule has 0 aliphatic heterocycles. The van der Waals surface area contributed by atoms with Gasteiger partial charge in [-0.1, -0.05) is 78.9 Å². The third kappa shape index (κ3) is 3.42. The van der Waals surface area contributed by atoms with Crippen LogP contribution in [0.15, 0.2) is 113 Å². The third-order valence-corrected chi connectivity index (χ3v) is 6.65. The lowest BCUT2D eigenvalue weighted by molar-refractivity contribution is 0.102. The lowest BCUT2D eigenvalue weighted by Gasteiger charge is -2.09. The highest BCUT2D eigenvalue weighted by Gasteiger charge is 2.29. The van der Waals surface area contributed by atoms with E-state index in [1.54, 1.807) is 0 Å². The van der Waals surface area contributed by atoms with Gasteiger partial charge in [-0.05, 0) is 35.0 Å². The zero-order valence-electron chi connectivity index (χ0n) is 14.3. The lowest BCUT2D eigenvalue weighted by atomic mass is 10.0. The fourth-order valence-electron chi connectivity index (χ4n) is 3.15. The van der Waals surface area contributed by atoms with Crippen LogP contribution in [-0.2, 0) is 10.9 Å². The van der Waals surface area contributed by atoms with Crippen molar-refractivity contribution < 1.29 is 4.79 Å². The first-order chi connectivity index (χ1) is 12.8. The van der Waals surface area contributed by atoms with Crippen LogP contribution in [0.5, 0.6) is 0 Å². The summed E-state index contributed by atoms with van der Waals surface area (Å²) in [5, 5.41) is 2.14. The predicted octanol–water partition coefficient (Wildman–Crippen LogP) is 5.76. The molecule has 0 radical (unpaired) electrons. The quantitative estimate of drug-likeness (QED) is 0.329. The Bertz CT molecular complexity index is 981. The number of ketones is 1. The normalized spacial score (nSPS) is 11.0. The van der Waals surface area contributed by atoms with Gasteiger partial charge in [-0.15, -0.1) is 0 Å². The molecule has 0 atom stereocenters. The van der Waals surface area contributed by atoms with E-state index in [2.05, 4.69) is 36.4 Å². The largest absolute Gasteiger partial charge is 0.289 e. The molecule has 0 aromatic heterocycles. The van der Waals surface area contributed by atoms with Crippen molar-refractivity contribution in [2.45, 2.75) is 9.79 Å². The molecule has 1 nitrogen and oxygen atoms in total. The Kier molecular flexibility index (Phi) is 4.85. The van der Waals surface area contributed by atoms with Crippen LogP contribution < -0.4 is 0 Å². The molecule has 0 N–H and O–H groups in total. The molecule has 4 rings (SSSR count). The Labute approximate surface area is 156 Å². The van der Waals surface area contributed by atoms with Gasteiger partial charge in [-0.2, -0.15) is 0 Å². The van der Waals surface area contributed by atoms with E-state index in [9.17, 15) is 4.79 Å². The average molecular weight is 355 g/mol. The van der Waals surface area contributed by atoms with Gasteiger partial charge in [0.2, 0.25) is 5.78 Å². The summed E-state index contributed by atoms with van der Waals surface area (Å²) in [6, 6.07) is 34.7. The highest BCUT2D eigenvalue weighted by atomic mass is 32.2. The number of rotatable bonds is 5. The van der Waals surface area contributed by atoms with Gasteiger partial charge in [0.05, 0.1) is 10.9 Å². The van der Waals surface area contributed by atoms with E-state index in [0.29, 0.717) is 5.75 Å². The molecule has 0 saturated heterocycles. The summed E-state index contributed by atoms with van der Waals surface area (Å²) in [7, 11) is -0.274. The first-order valence-corrected chi connectivity index (χ1v) is 10.0. The zero-order chi connectivity index (χ0) is 17.8. The average Bonchev–Trinajstić information content (AvgIpc) is 2.72. The molecule has 0 bridgehead atoms. The smallest absolute Gasteiger partial charge is 0.213 e. The number of carbonyl (C=O) groups is 1. The maximum absolute atomic E-state index is 13.2. The summed E-state index contributed by atoms with van der Waals surface area (Å²) in [6.07, 6.45) is 0.